The molecule has 0 aromatic heterocycles. The zero-order chi connectivity index (χ0) is 9.60. The van der Waals surface area contributed by atoms with Crippen molar-refractivity contribution in [3.05, 3.63) is 0 Å². The maximum absolute atomic E-state index is 5.83. The molecule has 2 aliphatic carbocycles. The van der Waals surface area contributed by atoms with E-state index in [-0.39, 0.29) is 0 Å². The molecule has 3 fully saturated rings. The molecule has 1 spiro atoms. The quantitative estimate of drug-likeness (QED) is 0.723. The van der Waals surface area contributed by atoms with Crippen molar-refractivity contribution in [2.75, 3.05) is 19.6 Å². The van der Waals surface area contributed by atoms with Gasteiger partial charge in [0.2, 0.25) is 0 Å². The van der Waals surface area contributed by atoms with Crippen molar-refractivity contribution in [2.24, 2.45) is 17.1 Å². The van der Waals surface area contributed by atoms with Crippen LogP contribution in [0.1, 0.15) is 38.5 Å². The summed E-state index contributed by atoms with van der Waals surface area (Å²) >= 11 is 0. The minimum Gasteiger partial charge on any atom is -0.330 e. The van der Waals surface area contributed by atoms with Crippen LogP contribution in [0.15, 0.2) is 0 Å². The first-order valence-corrected chi connectivity index (χ1v) is 6.27. The normalized spacial score (nSPS) is 40.9. The summed E-state index contributed by atoms with van der Waals surface area (Å²) in [5.74, 6) is 0.812. The molecular weight excluding hydrogens is 172 g/mol. The number of rotatable bonds is 2. The summed E-state index contributed by atoms with van der Waals surface area (Å²) in [6.45, 7) is 3.70. The third kappa shape index (κ3) is 1.24. The minimum absolute atomic E-state index is 0.793. The van der Waals surface area contributed by atoms with E-state index < -0.39 is 0 Å². The molecule has 2 unspecified atom stereocenters. The third-order valence-corrected chi connectivity index (χ3v) is 4.88. The highest BCUT2D eigenvalue weighted by molar-refractivity contribution is 5.04. The van der Waals surface area contributed by atoms with Gasteiger partial charge >= 0.3 is 0 Å². The van der Waals surface area contributed by atoms with Crippen LogP contribution in [-0.2, 0) is 0 Å². The van der Waals surface area contributed by atoms with Gasteiger partial charge in [0.25, 0.3) is 0 Å². The lowest BCUT2D eigenvalue weighted by Crippen LogP contribution is -2.63. The summed E-state index contributed by atoms with van der Waals surface area (Å²) in [5.41, 5.74) is 6.62. The second kappa shape index (κ2) is 3.21. The fraction of sp³-hybridized carbons (Fsp3) is 1.00. The molecular formula is C12H22N2. The zero-order valence-corrected chi connectivity index (χ0v) is 9.04. The Morgan fingerprint density at radius 3 is 2.50 bits per heavy atom. The lowest BCUT2D eigenvalue weighted by molar-refractivity contribution is -0.0894. The molecule has 1 saturated heterocycles. The highest BCUT2D eigenvalue weighted by atomic mass is 15.2. The molecule has 2 atom stereocenters. The van der Waals surface area contributed by atoms with Gasteiger partial charge in [-0.15, -0.1) is 0 Å². The van der Waals surface area contributed by atoms with Crippen molar-refractivity contribution in [3.8, 4) is 0 Å². The molecule has 0 amide bonds. The van der Waals surface area contributed by atoms with Crippen LogP contribution in [0.5, 0.6) is 0 Å². The number of nitrogens with zero attached hydrogens (tertiary/aromatic N) is 1. The van der Waals surface area contributed by atoms with E-state index in [0.717, 1.165) is 23.9 Å². The highest BCUT2D eigenvalue weighted by Crippen LogP contribution is 2.50. The first kappa shape index (κ1) is 9.17. The molecule has 80 valence electrons. The van der Waals surface area contributed by atoms with Crippen LogP contribution < -0.4 is 5.73 Å². The Hall–Kier alpha value is -0.0800. The summed E-state index contributed by atoms with van der Waals surface area (Å²) in [5, 5.41) is 0. The fourth-order valence-electron chi connectivity index (χ4n) is 3.82. The van der Waals surface area contributed by atoms with E-state index in [1.807, 2.05) is 0 Å². The van der Waals surface area contributed by atoms with Crippen molar-refractivity contribution in [3.63, 3.8) is 0 Å². The van der Waals surface area contributed by atoms with Crippen LogP contribution in [0.4, 0.5) is 0 Å². The molecule has 0 radical (unpaired) electrons. The Labute approximate surface area is 86.8 Å². The second-order valence-electron chi connectivity index (χ2n) is 5.75. The molecule has 2 saturated carbocycles. The maximum atomic E-state index is 5.83. The zero-order valence-electron chi connectivity index (χ0n) is 9.04. The molecule has 0 bridgehead atoms. The van der Waals surface area contributed by atoms with Gasteiger partial charge in [-0.25, -0.2) is 0 Å². The average Bonchev–Trinajstić information content (AvgIpc) is 2.47. The van der Waals surface area contributed by atoms with Crippen molar-refractivity contribution in [1.29, 1.82) is 0 Å². The van der Waals surface area contributed by atoms with E-state index in [2.05, 4.69) is 4.90 Å². The molecule has 0 aromatic rings. The van der Waals surface area contributed by atoms with Crippen molar-refractivity contribution in [1.82, 2.24) is 4.90 Å². The van der Waals surface area contributed by atoms with Gasteiger partial charge < -0.3 is 5.73 Å². The summed E-state index contributed by atoms with van der Waals surface area (Å²) in [6, 6.07) is 0.853. The Balaban J connectivity index is 1.57. The summed E-state index contributed by atoms with van der Waals surface area (Å²) < 4.78 is 0. The Morgan fingerprint density at radius 2 is 1.93 bits per heavy atom. The van der Waals surface area contributed by atoms with Crippen LogP contribution in [0.3, 0.4) is 0 Å². The molecule has 2 N–H and O–H groups in total. The first-order chi connectivity index (χ1) is 6.83. The molecule has 2 nitrogen and oxygen atoms in total. The van der Waals surface area contributed by atoms with Crippen molar-refractivity contribution in [2.45, 2.75) is 44.6 Å². The first-order valence-electron chi connectivity index (χ1n) is 6.27. The average molecular weight is 194 g/mol. The molecule has 14 heavy (non-hydrogen) atoms. The Kier molecular flexibility index (Phi) is 2.10. The Morgan fingerprint density at radius 1 is 1.14 bits per heavy atom. The van der Waals surface area contributed by atoms with Crippen LogP contribution in [0.2, 0.25) is 0 Å². The van der Waals surface area contributed by atoms with Gasteiger partial charge in [-0.1, -0.05) is 12.8 Å². The summed E-state index contributed by atoms with van der Waals surface area (Å²) in [4.78, 5) is 2.73. The maximum Gasteiger partial charge on any atom is 0.0136 e. The van der Waals surface area contributed by atoms with Crippen LogP contribution in [0.25, 0.3) is 0 Å². The third-order valence-electron chi connectivity index (χ3n) is 4.88. The topological polar surface area (TPSA) is 29.3 Å². The molecule has 1 heterocycles. The lowest BCUT2D eigenvalue weighted by Gasteiger charge is -2.58. The van der Waals surface area contributed by atoms with E-state index in [1.165, 1.54) is 51.6 Å². The van der Waals surface area contributed by atoms with Gasteiger partial charge in [-0.05, 0) is 43.6 Å². The number of nitrogens with two attached hydrogens (primary N) is 1. The van der Waals surface area contributed by atoms with E-state index >= 15 is 0 Å². The predicted octanol–water partition coefficient (Wildman–Crippen LogP) is 1.60. The summed E-state index contributed by atoms with van der Waals surface area (Å²) in [6.07, 6.45) is 8.70. The van der Waals surface area contributed by atoms with E-state index in [4.69, 9.17) is 5.73 Å². The van der Waals surface area contributed by atoms with Crippen molar-refractivity contribution < 1.29 is 0 Å². The van der Waals surface area contributed by atoms with Gasteiger partial charge in [0.05, 0.1) is 0 Å². The monoisotopic (exact) mass is 194 g/mol. The van der Waals surface area contributed by atoms with Gasteiger partial charge in [-0.2, -0.15) is 0 Å². The van der Waals surface area contributed by atoms with E-state index in [9.17, 15) is 0 Å². The smallest absolute Gasteiger partial charge is 0.0136 e. The molecule has 0 aromatic carbocycles. The van der Waals surface area contributed by atoms with E-state index in [0.29, 0.717) is 0 Å². The van der Waals surface area contributed by atoms with Gasteiger partial charge in [0.1, 0.15) is 0 Å². The SMILES string of the molecule is NCC1CCCC1N1CC2(CCC2)C1. The lowest BCUT2D eigenvalue weighted by atomic mass is 9.63. The number of hydrogen-bond donors (Lipinski definition) is 1. The summed E-state index contributed by atoms with van der Waals surface area (Å²) in [7, 11) is 0. The van der Waals surface area contributed by atoms with Crippen molar-refractivity contribution >= 4 is 0 Å². The number of likely N-dealkylation sites (tertiary alicyclic amines) is 1. The number of hydrogen-bond acceptors (Lipinski definition) is 2. The van der Waals surface area contributed by atoms with Gasteiger partial charge in [-0.3, -0.25) is 4.90 Å². The minimum atomic E-state index is 0.793. The van der Waals surface area contributed by atoms with Crippen LogP contribution >= 0.6 is 0 Å². The highest BCUT2D eigenvalue weighted by Gasteiger charge is 2.50. The second-order valence-corrected chi connectivity index (χ2v) is 5.75. The predicted molar refractivity (Wildman–Crippen MR) is 58.0 cm³/mol. The molecule has 2 heteroatoms. The standard InChI is InChI=1S/C12H22N2/c13-7-10-3-1-4-11(10)14-8-12(9-14)5-2-6-12/h10-11H,1-9,13H2. The van der Waals surface area contributed by atoms with Crippen LogP contribution in [0, 0.1) is 11.3 Å². The van der Waals surface area contributed by atoms with E-state index in [1.54, 1.807) is 0 Å². The van der Waals surface area contributed by atoms with Gasteiger partial charge in [0, 0.05) is 19.1 Å². The fourth-order valence-corrected chi connectivity index (χ4v) is 3.82. The molecule has 3 aliphatic rings. The van der Waals surface area contributed by atoms with Crippen LogP contribution in [-0.4, -0.2) is 30.6 Å². The molecule has 1 aliphatic heterocycles. The molecule has 3 rings (SSSR count). The van der Waals surface area contributed by atoms with Gasteiger partial charge in [0.15, 0.2) is 0 Å². The Bertz CT molecular complexity index is 214. The largest absolute Gasteiger partial charge is 0.330 e.